The summed E-state index contributed by atoms with van der Waals surface area (Å²) in [4.78, 5) is 9.38. The minimum Gasteiger partial charge on any atom is -0.464 e. The van der Waals surface area contributed by atoms with Gasteiger partial charge < -0.3 is 5.11 Å². The van der Waals surface area contributed by atoms with Crippen molar-refractivity contribution in [1.29, 1.82) is 0 Å². The fourth-order valence-corrected chi connectivity index (χ4v) is 0.297. The molecule has 0 heterocycles. The Labute approximate surface area is 43.3 Å². The van der Waals surface area contributed by atoms with Gasteiger partial charge in [0.2, 0.25) is 0 Å². The molecule has 0 aliphatic carbocycles. The van der Waals surface area contributed by atoms with E-state index in [4.69, 9.17) is 15.8 Å². The Kier molecular flexibility index (Phi) is 3.07. The van der Waals surface area contributed by atoms with Crippen LogP contribution in [0, 0.1) is 0 Å². The molecule has 0 saturated carbocycles. The number of carboxylic acid groups (broad SMARTS) is 1. The fourth-order valence-electron chi connectivity index (χ4n) is 0.0330. The Morgan fingerprint density at radius 2 is 2.50 bits per heavy atom. The molecule has 0 radical (unpaired) electrons. The van der Waals surface area contributed by atoms with Crippen LogP contribution >= 0.6 is 21.8 Å². The Morgan fingerprint density at radius 1 is 2.00 bits per heavy atom. The van der Waals surface area contributed by atoms with E-state index < -0.39 is 6.09 Å². The predicted octanol–water partition coefficient (Wildman–Crippen LogP) is 1.06. The summed E-state index contributed by atoms with van der Waals surface area (Å²) in [6.07, 6.45) is -1.13. The van der Waals surface area contributed by atoms with Crippen LogP contribution in [-0.2, 0) is 0 Å². The van der Waals surface area contributed by atoms with Gasteiger partial charge in [-0.1, -0.05) is 0 Å². The SMILES string of the molecule is O=C(O)NSCl. The Hall–Kier alpha value is -0.0900. The van der Waals surface area contributed by atoms with Crippen LogP contribution in [0.2, 0.25) is 0 Å². The van der Waals surface area contributed by atoms with Crippen molar-refractivity contribution < 1.29 is 9.90 Å². The number of amides is 1. The van der Waals surface area contributed by atoms with Crippen molar-refractivity contribution in [2.24, 2.45) is 0 Å². The summed E-state index contributed by atoms with van der Waals surface area (Å²) < 4.78 is 1.81. The zero-order valence-corrected chi connectivity index (χ0v) is 4.21. The minimum atomic E-state index is -1.13. The quantitative estimate of drug-likeness (QED) is 0.518. The molecule has 3 nitrogen and oxygen atoms in total. The summed E-state index contributed by atoms with van der Waals surface area (Å²) in [6, 6.07) is 0. The van der Waals surface area contributed by atoms with Gasteiger partial charge in [0.15, 0.2) is 0 Å². The highest BCUT2D eigenvalue weighted by Crippen LogP contribution is 1.95. The maximum Gasteiger partial charge on any atom is 0.415 e. The molecule has 1 amide bonds. The van der Waals surface area contributed by atoms with E-state index >= 15 is 0 Å². The van der Waals surface area contributed by atoms with Crippen molar-refractivity contribution in [3.63, 3.8) is 0 Å². The molecule has 0 bridgehead atoms. The topological polar surface area (TPSA) is 49.3 Å². The lowest BCUT2D eigenvalue weighted by Crippen LogP contribution is -2.08. The molecule has 0 aromatic rings. The lowest BCUT2D eigenvalue weighted by atomic mass is 11.3. The molecule has 0 rings (SSSR count). The van der Waals surface area contributed by atoms with Gasteiger partial charge in [-0.15, -0.1) is 0 Å². The molecule has 6 heavy (non-hydrogen) atoms. The summed E-state index contributed by atoms with van der Waals surface area (Å²) in [7, 11) is 4.82. The Morgan fingerprint density at radius 3 is 2.50 bits per heavy atom. The van der Waals surface area contributed by atoms with Gasteiger partial charge in [-0.25, -0.2) is 4.79 Å². The third kappa shape index (κ3) is 3.91. The third-order valence-electron chi connectivity index (χ3n) is 0.126. The molecular weight excluding hydrogens is 126 g/mol. The molecular formula is CH2ClNO2S. The third-order valence-corrected chi connectivity index (χ3v) is 0.609. The van der Waals surface area contributed by atoms with E-state index in [-0.39, 0.29) is 0 Å². The molecule has 0 fully saturated rings. The molecule has 0 atom stereocenters. The maximum atomic E-state index is 9.38. The van der Waals surface area contributed by atoms with Gasteiger partial charge >= 0.3 is 6.09 Å². The molecule has 0 aliphatic heterocycles. The van der Waals surface area contributed by atoms with E-state index in [2.05, 4.69) is 0 Å². The number of nitrogens with one attached hydrogen (secondary N) is 1. The van der Waals surface area contributed by atoms with Crippen LogP contribution in [-0.4, -0.2) is 11.2 Å². The highest BCUT2D eigenvalue weighted by Gasteiger charge is 1.85. The van der Waals surface area contributed by atoms with E-state index in [1.165, 1.54) is 0 Å². The van der Waals surface area contributed by atoms with E-state index in [9.17, 15) is 4.79 Å². The van der Waals surface area contributed by atoms with E-state index in [1.54, 1.807) is 0 Å². The molecule has 36 valence electrons. The second-order valence-electron chi connectivity index (χ2n) is 0.484. The molecule has 0 aromatic heterocycles. The Bertz CT molecular complexity index is 57.5. The molecule has 0 aromatic carbocycles. The summed E-state index contributed by atoms with van der Waals surface area (Å²) in [5.41, 5.74) is 0. The zero-order chi connectivity index (χ0) is 4.99. The largest absolute Gasteiger partial charge is 0.464 e. The van der Waals surface area contributed by atoms with Crippen molar-refractivity contribution in [3.05, 3.63) is 0 Å². The van der Waals surface area contributed by atoms with Crippen LogP contribution in [0.3, 0.4) is 0 Å². The van der Waals surface area contributed by atoms with Crippen LogP contribution in [0.25, 0.3) is 0 Å². The molecule has 0 aliphatic rings. The van der Waals surface area contributed by atoms with Crippen molar-refractivity contribution in [2.45, 2.75) is 0 Å². The molecule has 0 saturated heterocycles. The van der Waals surface area contributed by atoms with Gasteiger partial charge in [-0.3, -0.25) is 4.72 Å². The average Bonchev–Trinajstić information content (AvgIpc) is 1.35. The molecule has 2 N–H and O–H groups in total. The lowest BCUT2D eigenvalue weighted by molar-refractivity contribution is 0.202. The van der Waals surface area contributed by atoms with Crippen LogP contribution < -0.4 is 4.72 Å². The summed E-state index contributed by atoms with van der Waals surface area (Å²) in [6.45, 7) is 0. The number of halogens is 1. The second-order valence-corrected chi connectivity index (χ2v) is 1.31. The summed E-state index contributed by atoms with van der Waals surface area (Å²) in [5, 5.41) is 7.70. The average molecular weight is 128 g/mol. The lowest BCUT2D eigenvalue weighted by Gasteiger charge is -1.83. The highest BCUT2D eigenvalue weighted by molar-refractivity contribution is 8.19. The van der Waals surface area contributed by atoms with Crippen LogP contribution in [0.4, 0.5) is 4.79 Å². The molecule has 0 unspecified atom stereocenters. The van der Waals surface area contributed by atoms with Crippen molar-refractivity contribution >= 4 is 27.9 Å². The minimum absolute atomic E-state index is 0.532. The van der Waals surface area contributed by atoms with Crippen LogP contribution in [0.1, 0.15) is 0 Å². The summed E-state index contributed by atoms with van der Waals surface area (Å²) >= 11 is 0.532. The van der Waals surface area contributed by atoms with Gasteiger partial charge in [-0.2, -0.15) is 0 Å². The standard InChI is InChI=1S/CH2ClNO2S/c2-6-3-1(4)5/h3H,(H,4,5). The monoisotopic (exact) mass is 127 g/mol. The van der Waals surface area contributed by atoms with Gasteiger partial charge in [0.1, 0.15) is 0 Å². The van der Waals surface area contributed by atoms with E-state index in [0.717, 1.165) is 0 Å². The van der Waals surface area contributed by atoms with Gasteiger partial charge in [0, 0.05) is 0 Å². The van der Waals surface area contributed by atoms with Gasteiger partial charge in [-0.05, 0) is 10.7 Å². The number of carbonyl (C=O) groups is 1. The van der Waals surface area contributed by atoms with Crippen molar-refractivity contribution in [3.8, 4) is 0 Å². The smallest absolute Gasteiger partial charge is 0.415 e. The van der Waals surface area contributed by atoms with Crippen molar-refractivity contribution in [1.82, 2.24) is 4.72 Å². The van der Waals surface area contributed by atoms with E-state index in [1.807, 2.05) is 4.72 Å². The summed E-state index contributed by atoms with van der Waals surface area (Å²) in [5.74, 6) is 0. The molecule has 0 spiro atoms. The first-order valence-electron chi connectivity index (χ1n) is 1.04. The van der Waals surface area contributed by atoms with E-state index in [0.29, 0.717) is 11.2 Å². The first-order valence-corrected chi connectivity index (χ1v) is 2.68. The number of rotatable bonds is 1. The first kappa shape index (κ1) is 5.91. The first-order chi connectivity index (χ1) is 2.77. The maximum absolute atomic E-state index is 9.38. The van der Waals surface area contributed by atoms with Gasteiger partial charge in [0.25, 0.3) is 0 Å². The second kappa shape index (κ2) is 3.11. The van der Waals surface area contributed by atoms with Gasteiger partial charge in [0.05, 0.1) is 11.2 Å². The fraction of sp³-hybridized carbons (Fsp3) is 0. The Balaban J connectivity index is 2.83. The number of hydrogen-bond acceptors (Lipinski definition) is 2. The normalized spacial score (nSPS) is 7.50. The zero-order valence-electron chi connectivity index (χ0n) is 2.64. The number of hydrogen-bond donors (Lipinski definition) is 2. The van der Waals surface area contributed by atoms with Crippen LogP contribution in [0.5, 0.6) is 0 Å². The van der Waals surface area contributed by atoms with Crippen molar-refractivity contribution in [2.75, 3.05) is 0 Å². The van der Waals surface area contributed by atoms with Crippen LogP contribution in [0.15, 0.2) is 0 Å². The highest BCUT2D eigenvalue weighted by atomic mass is 35.7. The molecule has 5 heteroatoms. The predicted molar refractivity (Wildman–Crippen MR) is 24.6 cm³/mol.